The molecule has 0 amide bonds. The van der Waals surface area contributed by atoms with Crippen LogP contribution in [0, 0.1) is 0 Å². The smallest absolute Gasteiger partial charge is 0.462 e. The second-order valence-electron chi connectivity index (χ2n) is 25.8. The van der Waals surface area contributed by atoms with Crippen molar-refractivity contribution in [2.24, 2.45) is 0 Å². The van der Waals surface area contributed by atoms with Crippen molar-refractivity contribution in [2.75, 3.05) is 39.6 Å². The van der Waals surface area contributed by atoms with Gasteiger partial charge in [0.2, 0.25) is 0 Å². The number of aliphatic hydroxyl groups is 1. The van der Waals surface area contributed by atoms with Gasteiger partial charge in [0.25, 0.3) is 0 Å². The lowest BCUT2D eigenvalue weighted by molar-refractivity contribution is -0.161. The van der Waals surface area contributed by atoms with Crippen molar-refractivity contribution in [3.63, 3.8) is 0 Å². The molecule has 0 aromatic heterocycles. The molecule has 17 nitrogen and oxygen atoms in total. The fraction of sp³-hybridized carbons (Fsp3) is 0.609. The highest BCUT2D eigenvalue weighted by atomic mass is 31.2. The van der Waals surface area contributed by atoms with Crippen molar-refractivity contribution >= 4 is 39.5 Å². The number of hydrogen-bond acceptors (Lipinski definition) is 15. The molecule has 5 atom stereocenters. The molecule has 0 saturated carbocycles. The van der Waals surface area contributed by atoms with Crippen LogP contribution in [0.4, 0.5) is 0 Å². The van der Waals surface area contributed by atoms with Crippen LogP contribution in [0.2, 0.25) is 0 Å². The van der Waals surface area contributed by atoms with Gasteiger partial charge in [0, 0.05) is 25.7 Å². The van der Waals surface area contributed by atoms with Crippen molar-refractivity contribution in [2.45, 2.75) is 303 Å². The molecule has 0 aromatic rings. The number of carbonyl (C=O) groups is 4. The molecule has 3 N–H and O–H groups in total. The Morgan fingerprint density at radius 3 is 0.745 bits per heavy atom. The van der Waals surface area contributed by atoms with E-state index in [4.69, 9.17) is 37.0 Å². The summed E-state index contributed by atoms with van der Waals surface area (Å²) in [5.41, 5.74) is 0. The zero-order valence-corrected chi connectivity index (χ0v) is 67.3. The van der Waals surface area contributed by atoms with Crippen molar-refractivity contribution in [3.05, 3.63) is 182 Å². The fourth-order valence-electron chi connectivity index (χ4n) is 9.92. The van der Waals surface area contributed by atoms with E-state index in [1.165, 1.54) is 0 Å². The van der Waals surface area contributed by atoms with E-state index in [9.17, 15) is 43.2 Å². The van der Waals surface area contributed by atoms with Gasteiger partial charge >= 0.3 is 39.5 Å². The number of rotatable bonds is 73. The van der Waals surface area contributed by atoms with E-state index in [2.05, 4.69) is 198 Å². The number of phosphoric acid groups is 2. The van der Waals surface area contributed by atoms with Crippen LogP contribution in [0.15, 0.2) is 182 Å². The van der Waals surface area contributed by atoms with E-state index < -0.39 is 97.5 Å². The number of unbranched alkanes of at least 4 members (excludes halogenated alkanes) is 17. The second kappa shape index (κ2) is 77.3. The maximum atomic E-state index is 13.1. The summed E-state index contributed by atoms with van der Waals surface area (Å²) in [6.07, 6.45) is 93.0. The van der Waals surface area contributed by atoms with Gasteiger partial charge in [-0.3, -0.25) is 37.3 Å². The molecule has 0 rings (SSSR count). The normalized spacial score (nSPS) is 14.8. The lowest BCUT2D eigenvalue weighted by atomic mass is 10.1. The number of hydrogen-bond donors (Lipinski definition) is 3. The number of phosphoric ester groups is 2. The average Bonchev–Trinajstić information content (AvgIpc) is 0.907. The molecular weight excluding hydrogens is 1380 g/mol. The summed E-state index contributed by atoms with van der Waals surface area (Å²) in [5.74, 6) is -2.31. The number of allylic oxidation sites excluding steroid dienone is 30. The monoisotopic (exact) mass is 1520 g/mol. The second-order valence-corrected chi connectivity index (χ2v) is 28.7. The summed E-state index contributed by atoms with van der Waals surface area (Å²) in [7, 11) is -10.0. The van der Waals surface area contributed by atoms with E-state index in [0.717, 1.165) is 199 Å². The van der Waals surface area contributed by atoms with Gasteiger partial charge in [0.1, 0.15) is 19.3 Å². The molecule has 0 aliphatic rings. The third-order valence-corrected chi connectivity index (χ3v) is 17.8. The summed E-state index contributed by atoms with van der Waals surface area (Å²) in [4.78, 5) is 73.1. The van der Waals surface area contributed by atoms with Crippen molar-refractivity contribution in [1.29, 1.82) is 0 Å². The molecular formula is C87H140O17P2. The third kappa shape index (κ3) is 76.4. The molecule has 0 bridgehead atoms. The molecule has 600 valence electrons. The average molecular weight is 1520 g/mol. The third-order valence-electron chi connectivity index (χ3n) is 15.9. The number of carbonyl (C=O) groups excluding carboxylic acids is 4. The van der Waals surface area contributed by atoms with Gasteiger partial charge in [0.05, 0.1) is 26.4 Å². The van der Waals surface area contributed by atoms with Crippen LogP contribution in [0.1, 0.15) is 285 Å². The van der Waals surface area contributed by atoms with E-state index in [0.29, 0.717) is 32.1 Å². The van der Waals surface area contributed by atoms with Gasteiger partial charge in [-0.1, -0.05) is 274 Å². The van der Waals surface area contributed by atoms with Crippen LogP contribution in [0.3, 0.4) is 0 Å². The first-order valence-corrected chi connectivity index (χ1v) is 43.0. The first kappa shape index (κ1) is 100. The quantitative estimate of drug-likeness (QED) is 0.0169. The molecule has 0 saturated heterocycles. The van der Waals surface area contributed by atoms with E-state index in [1.807, 2.05) is 12.2 Å². The Morgan fingerprint density at radius 2 is 0.472 bits per heavy atom. The Balaban J connectivity index is 5.48. The first-order chi connectivity index (χ1) is 51.7. The van der Waals surface area contributed by atoms with Crippen LogP contribution in [0.5, 0.6) is 0 Å². The molecule has 0 aromatic carbocycles. The fourth-order valence-corrected chi connectivity index (χ4v) is 11.5. The van der Waals surface area contributed by atoms with Gasteiger partial charge in [-0.15, -0.1) is 0 Å². The summed E-state index contributed by atoms with van der Waals surface area (Å²) in [5, 5.41) is 10.6. The molecule has 0 heterocycles. The van der Waals surface area contributed by atoms with Crippen LogP contribution in [-0.4, -0.2) is 96.7 Å². The zero-order valence-electron chi connectivity index (χ0n) is 65.5. The van der Waals surface area contributed by atoms with Crippen LogP contribution in [0.25, 0.3) is 0 Å². The largest absolute Gasteiger partial charge is 0.472 e. The van der Waals surface area contributed by atoms with E-state index >= 15 is 0 Å². The lowest BCUT2D eigenvalue weighted by Crippen LogP contribution is -2.30. The van der Waals surface area contributed by atoms with Gasteiger partial charge < -0.3 is 33.8 Å². The molecule has 0 spiro atoms. The van der Waals surface area contributed by atoms with Gasteiger partial charge in [-0.25, -0.2) is 9.13 Å². The highest BCUT2D eigenvalue weighted by Crippen LogP contribution is 2.45. The summed E-state index contributed by atoms with van der Waals surface area (Å²) < 4.78 is 68.6. The summed E-state index contributed by atoms with van der Waals surface area (Å²) >= 11 is 0. The maximum Gasteiger partial charge on any atom is 0.472 e. The Hall–Kier alpha value is -5.84. The molecule has 0 aliphatic heterocycles. The zero-order chi connectivity index (χ0) is 77.4. The Labute approximate surface area is 641 Å². The highest BCUT2D eigenvalue weighted by molar-refractivity contribution is 7.47. The molecule has 0 fully saturated rings. The van der Waals surface area contributed by atoms with Crippen LogP contribution in [-0.2, 0) is 65.4 Å². The maximum absolute atomic E-state index is 13.1. The first-order valence-electron chi connectivity index (χ1n) is 40.0. The lowest BCUT2D eigenvalue weighted by Gasteiger charge is -2.21. The minimum atomic E-state index is -5.01. The number of esters is 4. The van der Waals surface area contributed by atoms with E-state index in [1.54, 1.807) is 0 Å². The molecule has 5 unspecified atom stereocenters. The Kier molecular flexibility index (Phi) is 73.1. The van der Waals surface area contributed by atoms with Gasteiger partial charge in [-0.05, 0) is 167 Å². The number of aliphatic hydroxyl groups excluding tert-OH is 1. The topological polar surface area (TPSA) is 237 Å². The summed E-state index contributed by atoms with van der Waals surface area (Å²) in [6.45, 7) is 4.29. The van der Waals surface area contributed by atoms with Crippen molar-refractivity contribution in [1.82, 2.24) is 0 Å². The molecule has 19 heteroatoms. The molecule has 0 radical (unpaired) electrons. The predicted octanol–water partition coefficient (Wildman–Crippen LogP) is 23.6. The van der Waals surface area contributed by atoms with E-state index in [-0.39, 0.29) is 25.7 Å². The van der Waals surface area contributed by atoms with Gasteiger partial charge in [-0.2, -0.15) is 0 Å². The minimum Gasteiger partial charge on any atom is -0.462 e. The standard InChI is InChI=1S/C87H140O17P2/c1-5-9-13-17-21-25-29-33-37-39-40-42-45-48-52-56-60-64-68-72-85(90)98-78-83(104-87(92)74-70-66-62-58-54-50-46-41-38-34-30-26-22-18-14-10-6-2)80-102-106(95,96)100-76-81(88)75-99-105(93,94)101-79-82(103-86(91)73-69-65-61-57-53-49-44-36-32-28-24-20-16-12-8-4)77-97-84(89)71-67-63-59-55-51-47-43-35-31-27-23-19-15-11-7-3/h9-16,21-28,33-38,40,42-44,46,50,58,62,81-83,88H,5-8,17-20,29-32,39,41,45,47-49,51-57,59-61,63-80H2,1-4H3,(H,93,94)(H,95,96)/b13-9-,14-10-,15-11-,16-12-,25-21-,26-22-,27-23-,28-24-,37-33-,38-34-,42-40-,43-35-,44-36-,50-46-,62-58-. The SMILES string of the molecule is CC/C=C\C/C=C\C/C=C\C/C=C\C/C=C\CCCC(=O)OC(COC(=O)CCCCCCCC/C=C\C/C=C\C/C=C\C/C=C\CC)COP(=O)(O)OCC(O)COP(=O)(O)OCC(COC(=O)CCCCCCC/C=C\C/C=C\C/C=C\CC)OC(=O)CCCCCCC/C=C\C/C=C\C/C=C\CC. The van der Waals surface area contributed by atoms with Crippen LogP contribution >= 0.6 is 15.6 Å². The highest BCUT2D eigenvalue weighted by Gasteiger charge is 2.30. The van der Waals surface area contributed by atoms with Crippen molar-refractivity contribution < 1.29 is 80.2 Å². The molecule has 106 heavy (non-hydrogen) atoms. The summed E-state index contributed by atoms with van der Waals surface area (Å²) in [6, 6.07) is 0. The van der Waals surface area contributed by atoms with Crippen molar-refractivity contribution in [3.8, 4) is 0 Å². The minimum absolute atomic E-state index is 0.00565. The number of ether oxygens (including phenoxy) is 4. The van der Waals surface area contributed by atoms with Gasteiger partial charge in [0.15, 0.2) is 12.2 Å². The molecule has 0 aliphatic carbocycles. The Bertz CT molecular complexity index is 2730. The Morgan fingerprint density at radius 1 is 0.264 bits per heavy atom. The predicted molar refractivity (Wildman–Crippen MR) is 436 cm³/mol. The van der Waals surface area contributed by atoms with Crippen LogP contribution < -0.4 is 0 Å².